The molecule has 0 aromatic heterocycles. The molecule has 2 aromatic carbocycles. The quantitative estimate of drug-likeness (QED) is 0.492. The van der Waals surface area contributed by atoms with Crippen molar-refractivity contribution in [3.8, 4) is 0 Å². The summed E-state index contributed by atoms with van der Waals surface area (Å²) < 4.78 is 35.7. The Kier molecular flexibility index (Phi) is 9.24. The Labute approximate surface area is 220 Å². The van der Waals surface area contributed by atoms with Crippen molar-refractivity contribution in [3.63, 3.8) is 0 Å². The predicted molar refractivity (Wildman–Crippen MR) is 139 cm³/mol. The number of hydrogen-bond donors (Lipinski definition) is 2. The average molecular weight is 530 g/mol. The van der Waals surface area contributed by atoms with Crippen LogP contribution < -0.4 is 15.7 Å². The first-order valence-electron chi connectivity index (χ1n) is 12.7. The molecule has 4 rings (SSSR count). The van der Waals surface area contributed by atoms with Crippen molar-refractivity contribution in [1.29, 1.82) is 0 Å². The largest absolute Gasteiger partial charge is 0.378 e. The summed E-state index contributed by atoms with van der Waals surface area (Å²) in [6.45, 7) is 3.25. The van der Waals surface area contributed by atoms with E-state index in [-0.39, 0.29) is 6.73 Å². The number of nitrogens with zero attached hydrogens (tertiary/aromatic N) is 3. The molecule has 2 aliphatic heterocycles. The molecule has 0 unspecified atom stereocenters. The Morgan fingerprint density at radius 1 is 1.03 bits per heavy atom. The minimum absolute atomic E-state index is 0.0724. The molecule has 9 nitrogen and oxygen atoms in total. The van der Waals surface area contributed by atoms with Gasteiger partial charge >= 0.3 is 6.03 Å². The maximum absolute atomic E-state index is 15.2. The van der Waals surface area contributed by atoms with Crippen LogP contribution in [-0.4, -0.2) is 73.7 Å². The number of carbonyl (C=O) groups excluding carboxylic acids is 2. The van der Waals surface area contributed by atoms with Gasteiger partial charge in [0.15, 0.2) is 12.6 Å². The van der Waals surface area contributed by atoms with Gasteiger partial charge in [-0.05, 0) is 24.1 Å². The molecule has 1 saturated heterocycles. The van der Waals surface area contributed by atoms with Crippen molar-refractivity contribution in [2.24, 2.45) is 4.99 Å². The minimum Gasteiger partial charge on any atom is -0.378 e. The third-order valence-corrected chi connectivity index (χ3v) is 6.37. The summed E-state index contributed by atoms with van der Waals surface area (Å²) in [5.41, 5.74) is 1.17. The highest BCUT2D eigenvalue weighted by molar-refractivity contribution is 6.03. The maximum atomic E-state index is 15.2. The molecule has 11 heteroatoms. The van der Waals surface area contributed by atoms with Gasteiger partial charge in [-0.2, -0.15) is 0 Å². The van der Waals surface area contributed by atoms with E-state index in [1.165, 1.54) is 9.96 Å². The van der Waals surface area contributed by atoms with Crippen molar-refractivity contribution in [1.82, 2.24) is 15.5 Å². The first-order chi connectivity index (χ1) is 18.4. The predicted octanol–water partition coefficient (Wildman–Crippen LogP) is 3.37. The number of halogens is 2. The molecule has 0 bridgehead atoms. The summed E-state index contributed by atoms with van der Waals surface area (Å²) in [6.07, 6.45) is -0.974. The first-order valence-corrected chi connectivity index (χ1v) is 12.7. The number of amides is 3. The van der Waals surface area contributed by atoms with Crippen LogP contribution in [0.15, 0.2) is 65.7 Å². The van der Waals surface area contributed by atoms with E-state index in [1.807, 2.05) is 37.3 Å². The summed E-state index contributed by atoms with van der Waals surface area (Å²) in [4.78, 5) is 37.8. The van der Waals surface area contributed by atoms with Crippen molar-refractivity contribution >= 4 is 23.5 Å². The van der Waals surface area contributed by atoms with Crippen LogP contribution in [0.4, 0.5) is 19.3 Å². The van der Waals surface area contributed by atoms with Gasteiger partial charge in [0.05, 0.1) is 24.9 Å². The lowest BCUT2D eigenvalue weighted by molar-refractivity contribution is -0.126. The number of nitrogens with one attached hydrogen (secondary N) is 2. The summed E-state index contributed by atoms with van der Waals surface area (Å²) in [6, 6.07) is 14.9. The zero-order chi connectivity index (χ0) is 27.0. The fourth-order valence-corrected chi connectivity index (χ4v) is 4.41. The Hall–Kier alpha value is -3.57. The van der Waals surface area contributed by atoms with E-state index in [2.05, 4.69) is 15.6 Å². The number of anilines is 1. The van der Waals surface area contributed by atoms with E-state index in [9.17, 15) is 9.59 Å². The number of amidine groups is 1. The monoisotopic (exact) mass is 529 g/mol. The second-order valence-electron chi connectivity index (χ2n) is 9.20. The number of hydroxylamine groups is 1. The zero-order valence-electron chi connectivity index (χ0n) is 21.3. The first kappa shape index (κ1) is 27.5. The van der Waals surface area contributed by atoms with Gasteiger partial charge < -0.3 is 20.3 Å². The Morgan fingerprint density at radius 3 is 2.34 bits per heavy atom. The number of morpholine rings is 1. The fourth-order valence-electron chi connectivity index (χ4n) is 4.41. The van der Waals surface area contributed by atoms with E-state index in [1.54, 1.807) is 30.3 Å². The number of ether oxygens (including phenoxy) is 1. The molecule has 3 amide bonds. The van der Waals surface area contributed by atoms with Gasteiger partial charge in [-0.25, -0.2) is 28.5 Å². The molecule has 0 spiro atoms. The maximum Gasteiger partial charge on any atom is 0.318 e. The van der Waals surface area contributed by atoms with Gasteiger partial charge in [0, 0.05) is 25.9 Å². The van der Waals surface area contributed by atoms with Crippen molar-refractivity contribution in [3.05, 3.63) is 66.2 Å². The molecular weight excluding hydrogens is 496 g/mol. The molecule has 0 aliphatic carbocycles. The number of para-hydroxylation sites is 1. The lowest BCUT2D eigenvalue weighted by Gasteiger charge is -2.31. The number of urea groups is 1. The van der Waals surface area contributed by atoms with E-state index < -0.39 is 42.8 Å². The topological polar surface area (TPSA) is 95.5 Å². The molecular formula is C27H33F2N5O4. The van der Waals surface area contributed by atoms with Crippen LogP contribution in [0, 0.1) is 0 Å². The zero-order valence-corrected chi connectivity index (χ0v) is 21.3. The summed E-state index contributed by atoms with van der Waals surface area (Å²) in [5, 5.41) is 6.89. The van der Waals surface area contributed by atoms with Crippen LogP contribution in [0.5, 0.6) is 0 Å². The highest BCUT2D eigenvalue weighted by Gasteiger charge is 2.39. The molecule has 2 aromatic rings. The molecule has 0 saturated carbocycles. The Bertz CT molecular complexity index is 1100. The molecule has 204 valence electrons. The van der Waals surface area contributed by atoms with Crippen LogP contribution in [-0.2, 0) is 20.8 Å². The van der Waals surface area contributed by atoms with Crippen LogP contribution in [0.2, 0.25) is 0 Å². The summed E-state index contributed by atoms with van der Waals surface area (Å²) in [5.74, 6) is -3.50. The van der Waals surface area contributed by atoms with Gasteiger partial charge in [-0.15, -0.1) is 0 Å². The van der Waals surface area contributed by atoms with Gasteiger partial charge in [-0.1, -0.05) is 55.5 Å². The lowest BCUT2D eigenvalue weighted by Crippen LogP contribution is -2.57. The van der Waals surface area contributed by atoms with Crippen molar-refractivity contribution < 1.29 is 27.9 Å². The Balaban J connectivity index is 1.50. The van der Waals surface area contributed by atoms with E-state index in [4.69, 9.17) is 9.57 Å². The molecule has 1 fully saturated rings. The number of aliphatic imine (C=N–C) groups is 1. The van der Waals surface area contributed by atoms with Gasteiger partial charge in [0.1, 0.15) is 6.04 Å². The van der Waals surface area contributed by atoms with E-state index >= 15 is 8.78 Å². The molecule has 0 radical (unpaired) electrons. The fraction of sp³-hybridized carbons (Fsp3) is 0.444. The second-order valence-corrected chi connectivity index (χ2v) is 9.20. The van der Waals surface area contributed by atoms with Crippen LogP contribution in [0.1, 0.15) is 25.3 Å². The third kappa shape index (κ3) is 7.26. The number of hydrogen-bond acceptors (Lipinski definition) is 6. The standard InChI is InChI=1S/C27H33F2N5O4/c1-2-22(24-30-19-38-34(24)21-11-7-4-8-12-21)31-25(35)23(32-26(36)33-13-15-37-16-14-33)18-27(28,29)17-20-9-5-3-6-10-20/h3-12,22-23H,2,13-19H2,1H3,(H,31,35)(H,32,36)/t22-,23-/m0/s1. The number of rotatable bonds is 10. The molecule has 38 heavy (non-hydrogen) atoms. The van der Waals surface area contributed by atoms with Crippen molar-refractivity contribution in [2.45, 2.75) is 44.2 Å². The van der Waals surface area contributed by atoms with Crippen LogP contribution >= 0.6 is 0 Å². The van der Waals surface area contributed by atoms with Gasteiger partial charge in [-0.3, -0.25) is 4.79 Å². The normalized spacial score (nSPS) is 17.5. The lowest BCUT2D eigenvalue weighted by atomic mass is 10.00. The van der Waals surface area contributed by atoms with E-state index in [0.29, 0.717) is 44.1 Å². The Morgan fingerprint density at radius 2 is 1.68 bits per heavy atom. The smallest absolute Gasteiger partial charge is 0.318 e. The number of carbonyl (C=O) groups is 2. The van der Waals surface area contributed by atoms with E-state index in [0.717, 1.165) is 5.69 Å². The molecule has 2 aliphatic rings. The third-order valence-electron chi connectivity index (χ3n) is 6.37. The second kappa shape index (κ2) is 12.8. The van der Waals surface area contributed by atoms with Gasteiger partial charge in [0.2, 0.25) is 5.91 Å². The van der Waals surface area contributed by atoms with Crippen molar-refractivity contribution in [2.75, 3.05) is 38.1 Å². The SMILES string of the molecule is CC[C@H](NC(=O)[C@H](CC(F)(F)Cc1ccccc1)NC(=O)N1CCOCC1)C1=NCON1c1ccccc1. The van der Waals surface area contributed by atoms with Crippen LogP contribution in [0.3, 0.4) is 0 Å². The molecule has 2 heterocycles. The molecule has 2 atom stereocenters. The minimum atomic E-state index is -3.24. The highest BCUT2D eigenvalue weighted by Crippen LogP contribution is 2.26. The average Bonchev–Trinajstić information content (AvgIpc) is 3.42. The molecule has 2 N–H and O–H groups in total. The summed E-state index contributed by atoms with van der Waals surface area (Å²) in [7, 11) is 0. The summed E-state index contributed by atoms with van der Waals surface area (Å²) >= 11 is 0. The highest BCUT2D eigenvalue weighted by atomic mass is 19.3. The van der Waals surface area contributed by atoms with Crippen LogP contribution in [0.25, 0.3) is 0 Å². The van der Waals surface area contributed by atoms with Gasteiger partial charge in [0.25, 0.3) is 5.92 Å². The number of alkyl halides is 2. The number of benzene rings is 2.